The first-order chi connectivity index (χ1) is 10.2. The number of hydrogen-bond acceptors (Lipinski definition) is 3. The van der Waals surface area contributed by atoms with Crippen molar-refractivity contribution >= 4 is 10.8 Å². The van der Waals surface area contributed by atoms with Crippen molar-refractivity contribution in [1.29, 1.82) is 0 Å². The second-order valence-corrected chi connectivity index (χ2v) is 6.21. The number of pyridine rings is 1. The summed E-state index contributed by atoms with van der Waals surface area (Å²) in [6.45, 7) is 2.50. The molecule has 0 saturated heterocycles. The summed E-state index contributed by atoms with van der Waals surface area (Å²) in [6.07, 6.45) is 2.40. The third-order valence-electron chi connectivity index (χ3n) is 2.89. The van der Waals surface area contributed by atoms with Crippen LogP contribution in [0.5, 0.6) is 5.75 Å². The van der Waals surface area contributed by atoms with E-state index in [2.05, 4.69) is 4.98 Å². The van der Waals surface area contributed by atoms with Gasteiger partial charge in [0.2, 0.25) is 5.43 Å². The quantitative estimate of drug-likeness (QED) is 0.855. The normalized spacial score (nSPS) is 12.0. The Morgan fingerprint density at radius 1 is 1.19 bits per heavy atom. The molecule has 1 unspecified atom stereocenters. The third kappa shape index (κ3) is 4.86. The van der Waals surface area contributed by atoms with Crippen LogP contribution in [0.15, 0.2) is 47.4 Å². The zero-order chi connectivity index (χ0) is 15.1. The maximum atomic E-state index is 12.1. The van der Waals surface area contributed by atoms with Crippen molar-refractivity contribution in [2.24, 2.45) is 0 Å². The maximum absolute atomic E-state index is 12.1. The van der Waals surface area contributed by atoms with Gasteiger partial charge in [0.1, 0.15) is 0 Å². The van der Waals surface area contributed by atoms with Crippen LogP contribution in [0.1, 0.15) is 24.6 Å². The first-order valence-corrected chi connectivity index (χ1v) is 8.41. The van der Waals surface area contributed by atoms with Gasteiger partial charge in [0, 0.05) is 34.5 Å². The standard InChI is InChI=1S/C16H19NO3S/c1-2-8-20-16-10-17-14(9-15(16)18)12-21(19)11-13-6-4-3-5-7-13/h3-7,9-10H,2,8,11-12H2,1H3,(H,17,18). The van der Waals surface area contributed by atoms with Gasteiger partial charge in [-0.3, -0.25) is 9.00 Å². The molecule has 5 heteroatoms. The second-order valence-electron chi connectivity index (χ2n) is 4.75. The molecule has 0 aliphatic carbocycles. The Morgan fingerprint density at radius 2 is 1.95 bits per heavy atom. The van der Waals surface area contributed by atoms with Gasteiger partial charge in [-0.05, 0) is 12.0 Å². The largest absolute Gasteiger partial charge is 0.488 e. The minimum Gasteiger partial charge on any atom is -0.488 e. The van der Waals surface area contributed by atoms with Crippen LogP contribution in [0.3, 0.4) is 0 Å². The maximum Gasteiger partial charge on any atom is 0.223 e. The van der Waals surface area contributed by atoms with Gasteiger partial charge in [-0.2, -0.15) is 0 Å². The number of ether oxygens (including phenoxy) is 1. The molecule has 2 aromatic rings. The highest BCUT2D eigenvalue weighted by molar-refractivity contribution is 7.83. The van der Waals surface area contributed by atoms with Gasteiger partial charge in [0.15, 0.2) is 5.75 Å². The zero-order valence-corrected chi connectivity index (χ0v) is 12.8. The van der Waals surface area contributed by atoms with E-state index in [-0.39, 0.29) is 5.43 Å². The number of aromatic nitrogens is 1. The topological polar surface area (TPSA) is 59.2 Å². The van der Waals surface area contributed by atoms with Crippen LogP contribution in [0.4, 0.5) is 0 Å². The molecular formula is C16H19NO3S. The molecule has 1 atom stereocenters. The van der Waals surface area contributed by atoms with Crippen LogP contribution in [0.2, 0.25) is 0 Å². The van der Waals surface area contributed by atoms with Crippen LogP contribution in [0.25, 0.3) is 0 Å². The third-order valence-corrected chi connectivity index (χ3v) is 4.17. The highest BCUT2D eigenvalue weighted by Crippen LogP contribution is 2.08. The van der Waals surface area contributed by atoms with Gasteiger partial charge in [0.25, 0.3) is 0 Å². The number of nitrogens with one attached hydrogen (secondary N) is 1. The molecular weight excluding hydrogens is 286 g/mol. The van der Waals surface area contributed by atoms with Gasteiger partial charge in [0.05, 0.1) is 12.4 Å². The zero-order valence-electron chi connectivity index (χ0n) is 12.0. The van der Waals surface area contributed by atoms with E-state index in [1.165, 1.54) is 6.07 Å². The van der Waals surface area contributed by atoms with Crippen LogP contribution in [-0.4, -0.2) is 15.8 Å². The molecule has 0 aliphatic heterocycles. The Kier molecular flexibility index (Phi) is 5.75. The molecule has 0 aliphatic rings. The fourth-order valence-corrected chi connectivity index (χ4v) is 3.07. The van der Waals surface area contributed by atoms with Crippen molar-refractivity contribution in [3.8, 4) is 5.75 Å². The van der Waals surface area contributed by atoms with E-state index in [9.17, 15) is 9.00 Å². The molecule has 1 aromatic heterocycles. The van der Waals surface area contributed by atoms with Gasteiger partial charge in [-0.15, -0.1) is 0 Å². The number of rotatable bonds is 7. The van der Waals surface area contributed by atoms with Crippen molar-refractivity contribution in [3.63, 3.8) is 0 Å². The molecule has 0 bridgehead atoms. The summed E-state index contributed by atoms with van der Waals surface area (Å²) < 4.78 is 17.4. The van der Waals surface area contributed by atoms with E-state index in [1.54, 1.807) is 6.20 Å². The SMILES string of the molecule is CCCOc1c[nH]c(CS(=O)Cc2ccccc2)cc1=O. The predicted octanol–water partition coefficient (Wildman–Crippen LogP) is 2.61. The van der Waals surface area contributed by atoms with Crippen molar-refractivity contribution in [2.45, 2.75) is 24.9 Å². The first-order valence-electron chi connectivity index (χ1n) is 6.92. The smallest absolute Gasteiger partial charge is 0.223 e. The number of benzene rings is 1. The molecule has 0 fully saturated rings. The van der Waals surface area contributed by atoms with Crippen LogP contribution >= 0.6 is 0 Å². The van der Waals surface area contributed by atoms with Crippen LogP contribution < -0.4 is 10.2 Å². The molecule has 112 valence electrons. The Morgan fingerprint density at radius 3 is 2.62 bits per heavy atom. The molecule has 0 amide bonds. The Bertz CT molecular complexity index is 652. The molecule has 2 rings (SSSR count). The van der Waals surface area contributed by atoms with Crippen LogP contribution in [0, 0.1) is 0 Å². The lowest BCUT2D eigenvalue weighted by Crippen LogP contribution is -2.11. The van der Waals surface area contributed by atoms with E-state index >= 15 is 0 Å². The van der Waals surface area contributed by atoms with Crippen molar-refractivity contribution in [3.05, 3.63) is 64.1 Å². The molecule has 1 N–H and O–H groups in total. The molecule has 4 nitrogen and oxygen atoms in total. The van der Waals surface area contributed by atoms with Gasteiger partial charge in [-0.25, -0.2) is 0 Å². The summed E-state index contributed by atoms with van der Waals surface area (Å²) in [5, 5.41) is 0. The lowest BCUT2D eigenvalue weighted by Gasteiger charge is -2.06. The van der Waals surface area contributed by atoms with Crippen molar-refractivity contribution in [1.82, 2.24) is 4.98 Å². The fraction of sp³-hybridized carbons (Fsp3) is 0.312. The number of H-pyrrole nitrogens is 1. The molecule has 0 saturated carbocycles. The van der Waals surface area contributed by atoms with E-state index in [4.69, 9.17) is 4.74 Å². The lowest BCUT2D eigenvalue weighted by atomic mass is 10.2. The van der Waals surface area contributed by atoms with E-state index in [0.717, 1.165) is 12.0 Å². The van der Waals surface area contributed by atoms with Crippen LogP contribution in [-0.2, 0) is 22.3 Å². The second kappa shape index (κ2) is 7.78. The van der Waals surface area contributed by atoms with E-state index in [1.807, 2.05) is 37.3 Å². The Labute approximate surface area is 126 Å². The number of hydrogen-bond donors (Lipinski definition) is 1. The summed E-state index contributed by atoms with van der Waals surface area (Å²) in [4.78, 5) is 14.8. The Balaban J connectivity index is 1.98. The molecule has 1 heterocycles. The molecule has 21 heavy (non-hydrogen) atoms. The van der Waals surface area contributed by atoms with E-state index in [0.29, 0.717) is 29.6 Å². The van der Waals surface area contributed by atoms with Crippen molar-refractivity contribution in [2.75, 3.05) is 6.61 Å². The molecule has 0 spiro atoms. The fourth-order valence-electron chi connectivity index (χ4n) is 1.89. The molecule has 1 aromatic carbocycles. The summed E-state index contributed by atoms with van der Waals surface area (Å²) in [5.74, 6) is 1.13. The highest BCUT2D eigenvalue weighted by Gasteiger charge is 2.07. The average Bonchev–Trinajstić information content (AvgIpc) is 2.47. The lowest BCUT2D eigenvalue weighted by molar-refractivity contribution is 0.313. The predicted molar refractivity (Wildman–Crippen MR) is 84.8 cm³/mol. The average molecular weight is 305 g/mol. The summed E-state index contributed by atoms with van der Waals surface area (Å²) in [6, 6.07) is 11.1. The summed E-state index contributed by atoms with van der Waals surface area (Å²) in [5.41, 5.74) is 1.52. The monoisotopic (exact) mass is 305 g/mol. The van der Waals surface area contributed by atoms with Gasteiger partial charge in [-0.1, -0.05) is 37.3 Å². The van der Waals surface area contributed by atoms with Gasteiger partial charge < -0.3 is 9.72 Å². The number of aromatic amines is 1. The first kappa shape index (κ1) is 15.5. The summed E-state index contributed by atoms with van der Waals surface area (Å²) in [7, 11) is -1.05. The summed E-state index contributed by atoms with van der Waals surface area (Å²) >= 11 is 0. The van der Waals surface area contributed by atoms with Gasteiger partial charge >= 0.3 is 0 Å². The highest BCUT2D eigenvalue weighted by atomic mass is 32.2. The molecule has 0 radical (unpaired) electrons. The minimum atomic E-state index is -1.05. The minimum absolute atomic E-state index is 0.172. The van der Waals surface area contributed by atoms with Crippen molar-refractivity contribution < 1.29 is 8.95 Å². The van der Waals surface area contributed by atoms with E-state index < -0.39 is 10.8 Å². The Hall–Kier alpha value is -1.88.